The molecule has 0 aliphatic rings. The number of ether oxygens (including phenoxy) is 3. The zero-order valence-corrected chi connectivity index (χ0v) is 19.4. The smallest absolute Gasteiger partial charge is 0.345 e. The summed E-state index contributed by atoms with van der Waals surface area (Å²) in [5.74, 6) is -0.849. The summed E-state index contributed by atoms with van der Waals surface area (Å²) < 4.78 is 15.9. The second-order valence-electron chi connectivity index (χ2n) is 7.09. The van der Waals surface area contributed by atoms with Crippen LogP contribution in [-0.2, 0) is 4.79 Å². The molecule has 0 atom stereocenters. The highest BCUT2D eigenvalue weighted by atomic mass is 35.5. The minimum atomic E-state index is -0.642. The predicted molar refractivity (Wildman–Crippen MR) is 128 cm³/mol. The number of hydrogen-bond acceptors (Lipinski definition) is 8. The number of benzene rings is 3. The van der Waals surface area contributed by atoms with Crippen molar-refractivity contribution in [1.29, 1.82) is 0 Å². The highest BCUT2D eigenvalue weighted by Crippen LogP contribution is 2.29. The van der Waals surface area contributed by atoms with Crippen molar-refractivity contribution < 1.29 is 28.7 Å². The number of hydrogen-bond donors (Lipinski definition) is 1. The first-order valence-electron chi connectivity index (χ1n) is 10.1. The standard InChI is InChI=1S/C24H20ClN3O7/c1-15-7-9-20(19(11-15)28(31)32)34-14-23(29)27-26-13-16-8-10-21(22(12-16)33-2)35-24(30)17-5-3-4-6-18(17)25/h3-13H,14H2,1-2H3,(H,27,29)/b26-13-. The SMILES string of the molecule is COc1cc(/C=N\NC(=O)COc2ccc(C)cc2[N+](=O)[O-])ccc1OC(=O)c1ccccc1Cl. The van der Waals surface area contributed by atoms with Crippen LogP contribution in [0.2, 0.25) is 5.02 Å². The van der Waals surface area contributed by atoms with Gasteiger partial charge in [-0.15, -0.1) is 0 Å². The number of methoxy groups -OCH3 is 1. The van der Waals surface area contributed by atoms with Crippen molar-refractivity contribution in [2.24, 2.45) is 5.10 Å². The van der Waals surface area contributed by atoms with E-state index in [1.165, 1.54) is 31.5 Å². The molecule has 0 unspecified atom stereocenters. The van der Waals surface area contributed by atoms with Crippen LogP contribution in [0.25, 0.3) is 0 Å². The average molecular weight is 498 g/mol. The van der Waals surface area contributed by atoms with Gasteiger partial charge in [0.2, 0.25) is 0 Å². The molecule has 0 fully saturated rings. The Kier molecular flexibility index (Phi) is 8.36. The molecule has 0 radical (unpaired) electrons. The predicted octanol–water partition coefficient (Wildman–Crippen LogP) is 4.31. The van der Waals surface area contributed by atoms with Crippen molar-refractivity contribution in [2.45, 2.75) is 6.92 Å². The second-order valence-corrected chi connectivity index (χ2v) is 7.50. The van der Waals surface area contributed by atoms with Crippen LogP contribution >= 0.6 is 11.6 Å². The Morgan fingerprint density at radius 2 is 1.83 bits per heavy atom. The topological polar surface area (TPSA) is 129 Å². The molecule has 3 aromatic rings. The van der Waals surface area contributed by atoms with Crippen molar-refractivity contribution in [2.75, 3.05) is 13.7 Å². The molecule has 0 saturated heterocycles. The van der Waals surface area contributed by atoms with E-state index in [0.29, 0.717) is 11.1 Å². The minimum Gasteiger partial charge on any atom is -0.493 e. The number of esters is 1. The van der Waals surface area contributed by atoms with Gasteiger partial charge in [-0.3, -0.25) is 14.9 Å². The molecule has 1 amide bonds. The third-order valence-corrected chi connectivity index (χ3v) is 4.89. The van der Waals surface area contributed by atoms with Crippen molar-refractivity contribution in [3.05, 3.63) is 92.5 Å². The van der Waals surface area contributed by atoms with Gasteiger partial charge in [-0.25, -0.2) is 10.2 Å². The van der Waals surface area contributed by atoms with Crippen LogP contribution in [0.4, 0.5) is 5.69 Å². The van der Waals surface area contributed by atoms with Crippen molar-refractivity contribution >= 4 is 35.4 Å². The van der Waals surface area contributed by atoms with Gasteiger partial charge in [0, 0.05) is 6.07 Å². The van der Waals surface area contributed by atoms with Gasteiger partial charge < -0.3 is 14.2 Å². The van der Waals surface area contributed by atoms with E-state index in [1.807, 2.05) is 0 Å². The number of amides is 1. The lowest BCUT2D eigenvalue weighted by atomic mass is 10.2. The molecule has 10 nitrogen and oxygen atoms in total. The number of nitro benzene ring substituents is 1. The molecule has 0 saturated carbocycles. The lowest BCUT2D eigenvalue weighted by molar-refractivity contribution is -0.385. The largest absolute Gasteiger partial charge is 0.493 e. The molecule has 3 aromatic carbocycles. The summed E-state index contributed by atoms with van der Waals surface area (Å²) in [5.41, 5.74) is 3.48. The van der Waals surface area contributed by atoms with E-state index in [9.17, 15) is 19.7 Å². The summed E-state index contributed by atoms with van der Waals surface area (Å²) in [7, 11) is 1.41. The second kappa shape index (κ2) is 11.6. The fraction of sp³-hybridized carbons (Fsp3) is 0.125. The molecule has 3 rings (SSSR count). The number of nitrogens with one attached hydrogen (secondary N) is 1. The van der Waals surface area contributed by atoms with E-state index < -0.39 is 23.4 Å². The number of aryl methyl sites for hydroxylation is 1. The Morgan fingerprint density at radius 3 is 2.54 bits per heavy atom. The molecule has 0 aliphatic heterocycles. The van der Waals surface area contributed by atoms with Crippen LogP contribution < -0.4 is 19.6 Å². The van der Waals surface area contributed by atoms with Crippen LogP contribution in [-0.4, -0.2) is 36.7 Å². The summed E-state index contributed by atoms with van der Waals surface area (Å²) in [6.45, 7) is 1.24. The zero-order chi connectivity index (χ0) is 25.4. The molecule has 0 aliphatic carbocycles. The first-order chi connectivity index (χ1) is 16.8. The third kappa shape index (κ3) is 6.78. The van der Waals surface area contributed by atoms with Crippen LogP contribution in [0.5, 0.6) is 17.2 Å². The molecule has 0 aromatic heterocycles. The van der Waals surface area contributed by atoms with Crippen molar-refractivity contribution in [3.8, 4) is 17.2 Å². The third-order valence-electron chi connectivity index (χ3n) is 4.56. The molecule has 0 spiro atoms. The molecule has 11 heteroatoms. The lowest BCUT2D eigenvalue weighted by Crippen LogP contribution is -2.24. The average Bonchev–Trinajstić information content (AvgIpc) is 2.84. The van der Waals surface area contributed by atoms with E-state index in [0.717, 1.165) is 0 Å². The number of hydrazone groups is 1. The number of nitrogens with zero attached hydrogens (tertiary/aromatic N) is 2. The maximum absolute atomic E-state index is 12.4. The van der Waals surface area contributed by atoms with Crippen molar-refractivity contribution in [1.82, 2.24) is 5.43 Å². The van der Waals surface area contributed by atoms with Gasteiger partial charge in [0.1, 0.15) is 0 Å². The normalized spacial score (nSPS) is 10.6. The van der Waals surface area contributed by atoms with Crippen LogP contribution in [0.15, 0.2) is 65.8 Å². The first-order valence-corrected chi connectivity index (χ1v) is 10.5. The van der Waals surface area contributed by atoms with Gasteiger partial charge in [0.25, 0.3) is 5.91 Å². The minimum absolute atomic E-state index is 0.0219. The molecular formula is C24H20ClN3O7. The van der Waals surface area contributed by atoms with E-state index in [2.05, 4.69) is 10.5 Å². The fourth-order valence-corrected chi connectivity index (χ4v) is 3.09. The van der Waals surface area contributed by atoms with E-state index >= 15 is 0 Å². The zero-order valence-electron chi connectivity index (χ0n) is 18.7. The fourth-order valence-electron chi connectivity index (χ4n) is 2.88. The van der Waals surface area contributed by atoms with Crippen molar-refractivity contribution in [3.63, 3.8) is 0 Å². The molecule has 180 valence electrons. The number of rotatable bonds is 9. The summed E-state index contributed by atoms with van der Waals surface area (Å²) >= 11 is 6.03. The highest BCUT2D eigenvalue weighted by molar-refractivity contribution is 6.33. The van der Waals surface area contributed by atoms with Gasteiger partial charge in [0.05, 0.1) is 28.8 Å². The van der Waals surface area contributed by atoms with E-state index in [-0.39, 0.29) is 33.5 Å². The van der Waals surface area contributed by atoms with Gasteiger partial charge in [-0.05, 0) is 54.4 Å². The molecule has 0 heterocycles. The summed E-state index contributed by atoms with van der Waals surface area (Å²) in [4.78, 5) is 34.9. The Morgan fingerprint density at radius 1 is 1.09 bits per heavy atom. The summed E-state index contributed by atoms with van der Waals surface area (Å²) in [6.07, 6.45) is 1.34. The highest BCUT2D eigenvalue weighted by Gasteiger charge is 2.17. The molecular weight excluding hydrogens is 478 g/mol. The molecule has 0 bridgehead atoms. The Balaban J connectivity index is 1.59. The first kappa shape index (κ1) is 25.2. The quantitative estimate of drug-likeness (QED) is 0.153. The van der Waals surface area contributed by atoms with Crippen LogP contribution in [0, 0.1) is 17.0 Å². The number of nitro groups is 1. The monoisotopic (exact) mass is 497 g/mol. The van der Waals surface area contributed by atoms with Gasteiger partial charge >= 0.3 is 11.7 Å². The molecule has 1 N–H and O–H groups in total. The Bertz CT molecular complexity index is 1290. The lowest BCUT2D eigenvalue weighted by Gasteiger charge is -2.10. The number of carbonyl (C=O) groups excluding carboxylic acids is 2. The maximum Gasteiger partial charge on any atom is 0.345 e. The van der Waals surface area contributed by atoms with E-state index in [4.69, 9.17) is 25.8 Å². The van der Waals surface area contributed by atoms with E-state index in [1.54, 1.807) is 49.4 Å². The Hall–Kier alpha value is -4.44. The van der Waals surface area contributed by atoms with Crippen LogP contribution in [0.3, 0.4) is 0 Å². The number of halogens is 1. The maximum atomic E-state index is 12.4. The summed E-state index contributed by atoms with van der Waals surface area (Å²) in [5, 5.41) is 15.2. The summed E-state index contributed by atoms with van der Waals surface area (Å²) in [6, 6.07) is 15.6. The van der Waals surface area contributed by atoms with Crippen LogP contribution in [0.1, 0.15) is 21.5 Å². The van der Waals surface area contributed by atoms with Gasteiger partial charge in [-0.2, -0.15) is 5.10 Å². The van der Waals surface area contributed by atoms with Gasteiger partial charge in [0.15, 0.2) is 23.9 Å². The molecule has 35 heavy (non-hydrogen) atoms. The number of carbonyl (C=O) groups is 2. The Labute approximate surface area is 205 Å². The van der Waals surface area contributed by atoms with Gasteiger partial charge in [-0.1, -0.05) is 29.8 Å².